The second kappa shape index (κ2) is 7.63. The molecule has 3 N–H and O–H groups in total. The van der Waals surface area contributed by atoms with E-state index in [1.807, 2.05) is 32.0 Å². The number of nitrogens with one attached hydrogen (secondary N) is 3. The van der Waals surface area contributed by atoms with Gasteiger partial charge in [0.2, 0.25) is 5.91 Å². The minimum Gasteiger partial charge on any atom is -0.494 e. The zero-order valence-corrected chi connectivity index (χ0v) is 18.4. The maximum atomic E-state index is 12.3. The first-order valence-corrected chi connectivity index (χ1v) is 10.4. The van der Waals surface area contributed by atoms with E-state index in [4.69, 9.17) is 4.74 Å². The lowest BCUT2D eigenvalue weighted by atomic mass is 10.1. The number of ether oxygens (including phenoxy) is 1. The summed E-state index contributed by atoms with van der Waals surface area (Å²) < 4.78 is 5.77. The van der Waals surface area contributed by atoms with Crippen LogP contribution in [0.2, 0.25) is 0 Å². The van der Waals surface area contributed by atoms with E-state index in [0.29, 0.717) is 17.2 Å². The second-order valence-corrected chi connectivity index (χ2v) is 7.97. The second-order valence-electron chi connectivity index (χ2n) is 7.97. The number of hydrogen-bond acceptors (Lipinski definition) is 7. The van der Waals surface area contributed by atoms with E-state index in [9.17, 15) is 4.79 Å². The number of benzene rings is 1. The van der Waals surface area contributed by atoms with Gasteiger partial charge in [0, 0.05) is 24.6 Å². The van der Waals surface area contributed by atoms with Gasteiger partial charge in [-0.1, -0.05) is 6.07 Å². The highest BCUT2D eigenvalue weighted by molar-refractivity contribution is 5.97. The summed E-state index contributed by atoms with van der Waals surface area (Å²) in [5, 5.41) is 15.2. The van der Waals surface area contributed by atoms with Gasteiger partial charge in [0.25, 0.3) is 0 Å². The number of aromatic nitrogens is 6. The van der Waals surface area contributed by atoms with Crippen LogP contribution in [0, 0.1) is 19.8 Å². The Bertz CT molecular complexity index is 1340. The number of rotatable bonds is 6. The van der Waals surface area contributed by atoms with Crippen LogP contribution < -0.4 is 15.4 Å². The summed E-state index contributed by atoms with van der Waals surface area (Å²) in [6.07, 6.45) is 1.85. The normalized spacial score (nSPS) is 13.4. The van der Waals surface area contributed by atoms with Crippen LogP contribution in [0.25, 0.3) is 22.4 Å². The number of para-hydroxylation sites is 1. The zero-order valence-electron chi connectivity index (χ0n) is 18.4. The van der Waals surface area contributed by atoms with Crippen molar-refractivity contribution in [1.29, 1.82) is 0 Å². The Labute approximate surface area is 184 Å². The molecule has 10 heteroatoms. The van der Waals surface area contributed by atoms with Crippen LogP contribution in [-0.4, -0.2) is 43.0 Å². The van der Waals surface area contributed by atoms with E-state index in [-0.39, 0.29) is 11.8 Å². The van der Waals surface area contributed by atoms with Crippen molar-refractivity contribution < 1.29 is 9.53 Å². The van der Waals surface area contributed by atoms with Gasteiger partial charge in [0.1, 0.15) is 22.9 Å². The minimum absolute atomic E-state index is 0.00670. The standard InChI is InChI=1S/C22H24N8O2/c1-11-18(29-30(3)28-11)14-6-5-7-15(20(14)32-4)25-16-10-17(27-22(31)13-8-9-13)26-21-19(16)23-12(2)24-21/h5-7,10,13H,8-9H2,1-4H3,(H3,23,24,25,26,27,31). The van der Waals surface area contributed by atoms with Gasteiger partial charge in [0.15, 0.2) is 11.4 Å². The fourth-order valence-corrected chi connectivity index (χ4v) is 3.78. The first-order valence-electron chi connectivity index (χ1n) is 10.4. The molecular formula is C22H24N8O2. The average molecular weight is 432 g/mol. The topological polar surface area (TPSA) is 123 Å². The van der Waals surface area contributed by atoms with Crippen molar-refractivity contribution in [2.45, 2.75) is 26.7 Å². The molecule has 0 spiro atoms. The highest BCUT2D eigenvalue weighted by atomic mass is 16.5. The third-order valence-corrected chi connectivity index (χ3v) is 5.41. The summed E-state index contributed by atoms with van der Waals surface area (Å²) in [7, 11) is 3.41. The molecule has 32 heavy (non-hydrogen) atoms. The molecule has 5 rings (SSSR count). The number of carbonyl (C=O) groups is 1. The molecule has 164 valence electrons. The number of hydrogen-bond donors (Lipinski definition) is 3. The van der Waals surface area contributed by atoms with E-state index >= 15 is 0 Å². The number of amides is 1. The number of aryl methyl sites for hydroxylation is 3. The molecule has 1 aromatic carbocycles. The van der Waals surface area contributed by atoms with E-state index < -0.39 is 0 Å². The molecule has 10 nitrogen and oxygen atoms in total. The molecule has 3 aromatic heterocycles. The van der Waals surface area contributed by atoms with Crippen molar-refractivity contribution in [3.05, 3.63) is 35.8 Å². The number of imidazole rings is 1. The molecule has 0 aliphatic heterocycles. The first kappa shape index (κ1) is 20.0. The zero-order chi connectivity index (χ0) is 22.4. The number of pyridine rings is 1. The van der Waals surface area contributed by atoms with Crippen molar-refractivity contribution in [1.82, 2.24) is 29.9 Å². The molecule has 4 aromatic rings. The Morgan fingerprint density at radius 3 is 2.69 bits per heavy atom. The monoisotopic (exact) mass is 432 g/mol. The Morgan fingerprint density at radius 1 is 1.19 bits per heavy atom. The number of fused-ring (bicyclic) bond motifs is 1. The molecule has 0 unspecified atom stereocenters. The van der Waals surface area contributed by atoms with Gasteiger partial charge in [-0.05, 0) is 38.8 Å². The molecule has 1 saturated carbocycles. The smallest absolute Gasteiger partial charge is 0.228 e. The molecule has 0 atom stereocenters. The average Bonchev–Trinajstić information content (AvgIpc) is 3.46. The fraction of sp³-hybridized carbons (Fsp3) is 0.318. The summed E-state index contributed by atoms with van der Waals surface area (Å²) in [5.41, 5.74) is 5.14. The van der Waals surface area contributed by atoms with E-state index in [0.717, 1.165) is 52.5 Å². The predicted molar refractivity (Wildman–Crippen MR) is 121 cm³/mol. The van der Waals surface area contributed by atoms with Crippen LogP contribution >= 0.6 is 0 Å². The maximum Gasteiger partial charge on any atom is 0.228 e. The quantitative estimate of drug-likeness (QED) is 0.426. The van der Waals surface area contributed by atoms with Crippen molar-refractivity contribution in [2.75, 3.05) is 17.7 Å². The van der Waals surface area contributed by atoms with Crippen LogP contribution in [0.1, 0.15) is 24.4 Å². The van der Waals surface area contributed by atoms with Crippen molar-refractivity contribution in [3.8, 4) is 17.0 Å². The van der Waals surface area contributed by atoms with Gasteiger partial charge < -0.3 is 20.4 Å². The lowest BCUT2D eigenvalue weighted by Gasteiger charge is -2.15. The molecule has 1 aliphatic rings. The molecule has 0 bridgehead atoms. The molecule has 3 heterocycles. The van der Waals surface area contributed by atoms with E-state index in [1.165, 1.54) is 0 Å². The number of nitrogens with zero attached hydrogens (tertiary/aromatic N) is 5. The Hall–Kier alpha value is -3.95. The number of methoxy groups -OCH3 is 1. The number of aromatic amines is 1. The van der Waals surface area contributed by atoms with E-state index in [1.54, 1.807) is 25.0 Å². The minimum atomic E-state index is -0.00670. The summed E-state index contributed by atoms with van der Waals surface area (Å²) in [4.78, 5) is 26.0. The summed E-state index contributed by atoms with van der Waals surface area (Å²) in [6.45, 7) is 3.78. The largest absolute Gasteiger partial charge is 0.494 e. The Kier molecular flexibility index (Phi) is 4.76. The van der Waals surface area contributed by atoms with Crippen molar-refractivity contribution in [2.24, 2.45) is 13.0 Å². The number of carbonyl (C=O) groups excluding carboxylic acids is 1. The van der Waals surface area contributed by atoms with Crippen LogP contribution in [0.5, 0.6) is 5.75 Å². The summed E-state index contributed by atoms with van der Waals surface area (Å²) >= 11 is 0. The lowest BCUT2D eigenvalue weighted by molar-refractivity contribution is -0.117. The van der Waals surface area contributed by atoms with Gasteiger partial charge >= 0.3 is 0 Å². The third-order valence-electron chi connectivity index (χ3n) is 5.41. The Morgan fingerprint density at radius 2 is 2.00 bits per heavy atom. The van der Waals surface area contributed by atoms with Crippen molar-refractivity contribution >= 4 is 34.3 Å². The van der Waals surface area contributed by atoms with E-state index in [2.05, 4.69) is 35.8 Å². The van der Waals surface area contributed by atoms with Crippen LogP contribution in [-0.2, 0) is 11.8 Å². The molecule has 1 aliphatic carbocycles. The molecule has 1 amide bonds. The molecular weight excluding hydrogens is 408 g/mol. The maximum absolute atomic E-state index is 12.3. The number of anilines is 3. The molecule has 1 fully saturated rings. The Balaban J connectivity index is 1.57. The van der Waals surface area contributed by atoms with Gasteiger partial charge in [-0.3, -0.25) is 4.79 Å². The highest BCUT2D eigenvalue weighted by Crippen LogP contribution is 2.39. The van der Waals surface area contributed by atoms with Gasteiger partial charge in [-0.2, -0.15) is 15.0 Å². The first-order chi connectivity index (χ1) is 15.4. The van der Waals surface area contributed by atoms with Gasteiger partial charge in [-0.25, -0.2) is 9.97 Å². The summed E-state index contributed by atoms with van der Waals surface area (Å²) in [6, 6.07) is 7.61. The van der Waals surface area contributed by atoms with Crippen molar-refractivity contribution in [3.63, 3.8) is 0 Å². The third kappa shape index (κ3) is 3.64. The fourth-order valence-electron chi connectivity index (χ4n) is 3.78. The van der Waals surface area contributed by atoms with Crippen LogP contribution in [0.3, 0.4) is 0 Å². The summed E-state index contributed by atoms with van der Waals surface area (Å²) in [5.74, 6) is 1.91. The van der Waals surface area contributed by atoms with Gasteiger partial charge in [-0.15, -0.1) is 0 Å². The molecule has 0 radical (unpaired) electrons. The SMILES string of the molecule is COc1c(Nc2cc(NC(=O)C3CC3)nc3nc(C)[nH]c23)cccc1-c1nn(C)nc1C. The number of H-pyrrole nitrogens is 1. The van der Waals surface area contributed by atoms with Crippen LogP contribution in [0.15, 0.2) is 24.3 Å². The van der Waals surface area contributed by atoms with Gasteiger partial charge in [0.05, 0.1) is 24.2 Å². The predicted octanol–water partition coefficient (Wildman–Crippen LogP) is 3.47. The van der Waals surface area contributed by atoms with Crippen LogP contribution in [0.4, 0.5) is 17.2 Å². The lowest BCUT2D eigenvalue weighted by Crippen LogP contribution is -2.14. The highest BCUT2D eigenvalue weighted by Gasteiger charge is 2.30. The molecule has 0 saturated heterocycles.